The molecule has 1 aromatic carbocycles. The van der Waals surface area contributed by atoms with Gasteiger partial charge in [-0.1, -0.05) is 0 Å². The molecule has 2 aromatic heterocycles. The minimum absolute atomic E-state index is 0.0865. The van der Waals surface area contributed by atoms with E-state index < -0.39 is 11.6 Å². The molecule has 0 unspecified atom stereocenters. The quantitative estimate of drug-likeness (QED) is 0.767. The van der Waals surface area contributed by atoms with Gasteiger partial charge in [0.2, 0.25) is 0 Å². The van der Waals surface area contributed by atoms with Crippen molar-refractivity contribution in [1.29, 1.82) is 0 Å². The number of amides is 1. The number of carbonyl (C=O) groups excluding carboxylic acids is 1. The summed E-state index contributed by atoms with van der Waals surface area (Å²) < 4.78 is 13.0. The zero-order valence-electron chi connectivity index (χ0n) is 12.5. The molecule has 0 radical (unpaired) electrons. The van der Waals surface area contributed by atoms with Crippen molar-refractivity contribution >= 4 is 5.91 Å². The molecule has 0 bridgehead atoms. The fourth-order valence-electron chi connectivity index (χ4n) is 2.13. The first-order valence-corrected chi connectivity index (χ1v) is 7.16. The largest absolute Gasteiger partial charge is 0.347 e. The Morgan fingerprint density at radius 3 is 2.54 bits per heavy atom. The molecule has 0 saturated heterocycles. The molecule has 0 spiro atoms. The van der Waals surface area contributed by atoms with Crippen LogP contribution < -0.4 is 11.0 Å². The molecule has 3 aromatic rings. The number of aromatic nitrogens is 3. The Balaban J connectivity index is 1.81. The monoisotopic (exact) mass is 324 g/mol. The summed E-state index contributed by atoms with van der Waals surface area (Å²) in [5.41, 5.74) is 1.17. The fraction of sp³-hybridized carbons (Fsp3) is 0.0588. The lowest BCUT2D eigenvalue weighted by Gasteiger charge is -2.06. The molecular weight excluding hydrogens is 311 g/mol. The van der Waals surface area contributed by atoms with Gasteiger partial charge in [0.05, 0.1) is 5.69 Å². The fourth-order valence-corrected chi connectivity index (χ4v) is 2.13. The van der Waals surface area contributed by atoms with E-state index in [-0.39, 0.29) is 11.5 Å². The number of carbonyl (C=O) groups is 1. The summed E-state index contributed by atoms with van der Waals surface area (Å²) in [5, 5.41) is 2.71. The highest BCUT2D eigenvalue weighted by Crippen LogP contribution is 2.16. The van der Waals surface area contributed by atoms with Gasteiger partial charge in [-0.05, 0) is 48.0 Å². The molecule has 0 saturated carbocycles. The van der Waals surface area contributed by atoms with Gasteiger partial charge in [0, 0.05) is 24.5 Å². The van der Waals surface area contributed by atoms with Crippen LogP contribution in [0.25, 0.3) is 11.3 Å². The smallest absolute Gasteiger partial charge is 0.346 e. The number of H-pyrrole nitrogens is 1. The van der Waals surface area contributed by atoms with E-state index in [1.54, 1.807) is 24.5 Å². The third-order valence-electron chi connectivity index (χ3n) is 3.33. The van der Waals surface area contributed by atoms with Gasteiger partial charge in [-0.2, -0.15) is 4.98 Å². The number of benzene rings is 1. The molecule has 2 N–H and O–H groups in total. The lowest BCUT2D eigenvalue weighted by molar-refractivity contribution is 0.0945. The van der Waals surface area contributed by atoms with Gasteiger partial charge in [-0.15, -0.1) is 0 Å². The minimum atomic E-state index is -0.647. The van der Waals surface area contributed by atoms with Gasteiger partial charge >= 0.3 is 5.69 Å². The van der Waals surface area contributed by atoms with Gasteiger partial charge in [0.25, 0.3) is 5.91 Å². The maximum absolute atomic E-state index is 13.0. The predicted molar refractivity (Wildman–Crippen MR) is 85.7 cm³/mol. The lowest BCUT2D eigenvalue weighted by Crippen LogP contribution is -2.27. The van der Waals surface area contributed by atoms with Crippen LogP contribution in [0.15, 0.2) is 59.7 Å². The molecule has 0 fully saturated rings. The first kappa shape index (κ1) is 15.5. The van der Waals surface area contributed by atoms with Crippen LogP contribution in [-0.4, -0.2) is 20.9 Å². The van der Waals surface area contributed by atoms with Crippen molar-refractivity contribution in [2.75, 3.05) is 0 Å². The Labute approximate surface area is 136 Å². The van der Waals surface area contributed by atoms with Crippen molar-refractivity contribution in [2.45, 2.75) is 6.54 Å². The summed E-state index contributed by atoms with van der Waals surface area (Å²) in [6, 6.07) is 10.5. The Hall–Kier alpha value is -3.35. The molecule has 0 aliphatic heterocycles. The van der Waals surface area contributed by atoms with Crippen LogP contribution in [-0.2, 0) is 6.54 Å². The third kappa shape index (κ3) is 3.70. The zero-order valence-corrected chi connectivity index (χ0v) is 12.5. The van der Waals surface area contributed by atoms with Gasteiger partial charge in [-0.3, -0.25) is 9.78 Å². The molecule has 7 heteroatoms. The minimum Gasteiger partial charge on any atom is -0.347 e. The Morgan fingerprint density at radius 1 is 1.12 bits per heavy atom. The van der Waals surface area contributed by atoms with E-state index >= 15 is 0 Å². The van der Waals surface area contributed by atoms with E-state index in [9.17, 15) is 14.0 Å². The molecule has 0 aliphatic rings. The predicted octanol–water partition coefficient (Wildman–Crippen LogP) is 1.90. The van der Waals surface area contributed by atoms with Crippen LogP contribution in [0.1, 0.15) is 16.1 Å². The zero-order chi connectivity index (χ0) is 16.9. The summed E-state index contributed by atoms with van der Waals surface area (Å²) >= 11 is 0. The van der Waals surface area contributed by atoms with Gasteiger partial charge < -0.3 is 10.3 Å². The standard InChI is InChI=1S/C17H13FN4O2/c18-13-3-1-12(2-4-13)14-9-15(22-17(24)21-14)16(23)20-10-11-5-7-19-8-6-11/h1-9H,10H2,(H,20,23)(H,21,22,24). The second-order valence-electron chi connectivity index (χ2n) is 5.03. The van der Waals surface area contributed by atoms with Crippen LogP contribution in [0.5, 0.6) is 0 Å². The first-order valence-electron chi connectivity index (χ1n) is 7.16. The summed E-state index contributed by atoms with van der Waals surface area (Å²) in [6.07, 6.45) is 3.25. The van der Waals surface area contributed by atoms with Crippen LogP contribution >= 0.6 is 0 Å². The normalized spacial score (nSPS) is 10.4. The average molecular weight is 324 g/mol. The average Bonchev–Trinajstić information content (AvgIpc) is 2.60. The Morgan fingerprint density at radius 2 is 1.83 bits per heavy atom. The maximum atomic E-state index is 13.0. The number of hydrogen-bond donors (Lipinski definition) is 2. The maximum Gasteiger partial charge on any atom is 0.346 e. The van der Waals surface area contributed by atoms with E-state index in [1.165, 1.54) is 30.3 Å². The summed E-state index contributed by atoms with van der Waals surface area (Å²) in [6.45, 7) is 0.303. The molecular formula is C17H13FN4O2. The molecule has 2 heterocycles. The summed E-state index contributed by atoms with van der Waals surface area (Å²) in [7, 11) is 0. The van der Waals surface area contributed by atoms with E-state index in [0.717, 1.165) is 5.56 Å². The third-order valence-corrected chi connectivity index (χ3v) is 3.33. The van der Waals surface area contributed by atoms with Gasteiger partial charge in [-0.25, -0.2) is 9.18 Å². The molecule has 24 heavy (non-hydrogen) atoms. The number of rotatable bonds is 4. The lowest BCUT2D eigenvalue weighted by atomic mass is 10.1. The number of pyridine rings is 1. The van der Waals surface area contributed by atoms with E-state index in [1.807, 2.05) is 0 Å². The van der Waals surface area contributed by atoms with Crippen molar-refractivity contribution in [2.24, 2.45) is 0 Å². The number of aromatic amines is 1. The highest BCUT2D eigenvalue weighted by Gasteiger charge is 2.10. The topological polar surface area (TPSA) is 87.7 Å². The number of nitrogens with one attached hydrogen (secondary N) is 2. The second-order valence-corrected chi connectivity index (χ2v) is 5.03. The van der Waals surface area contributed by atoms with E-state index in [2.05, 4.69) is 20.3 Å². The number of halogens is 1. The van der Waals surface area contributed by atoms with Crippen molar-refractivity contribution in [1.82, 2.24) is 20.3 Å². The van der Waals surface area contributed by atoms with Crippen molar-refractivity contribution < 1.29 is 9.18 Å². The molecule has 1 amide bonds. The first-order chi connectivity index (χ1) is 11.6. The second kappa shape index (κ2) is 6.82. The summed E-state index contributed by atoms with van der Waals surface area (Å²) in [4.78, 5) is 34.0. The number of nitrogens with zero attached hydrogens (tertiary/aromatic N) is 2. The Bertz CT molecular complexity index is 908. The number of hydrogen-bond acceptors (Lipinski definition) is 4. The summed E-state index contributed by atoms with van der Waals surface area (Å²) in [5.74, 6) is -0.825. The van der Waals surface area contributed by atoms with Crippen LogP contribution in [0.4, 0.5) is 4.39 Å². The highest BCUT2D eigenvalue weighted by atomic mass is 19.1. The van der Waals surface area contributed by atoms with Crippen LogP contribution in [0, 0.1) is 5.82 Å². The van der Waals surface area contributed by atoms with Gasteiger partial charge in [0.1, 0.15) is 11.5 Å². The van der Waals surface area contributed by atoms with Crippen LogP contribution in [0.3, 0.4) is 0 Å². The Kier molecular flexibility index (Phi) is 4.42. The molecule has 3 rings (SSSR count). The van der Waals surface area contributed by atoms with E-state index in [0.29, 0.717) is 17.8 Å². The molecule has 0 aliphatic carbocycles. The van der Waals surface area contributed by atoms with Crippen molar-refractivity contribution in [3.8, 4) is 11.3 Å². The highest BCUT2D eigenvalue weighted by molar-refractivity contribution is 5.93. The van der Waals surface area contributed by atoms with Crippen molar-refractivity contribution in [3.05, 3.63) is 82.4 Å². The van der Waals surface area contributed by atoms with Crippen molar-refractivity contribution in [3.63, 3.8) is 0 Å². The van der Waals surface area contributed by atoms with Gasteiger partial charge in [0.15, 0.2) is 0 Å². The molecule has 120 valence electrons. The van der Waals surface area contributed by atoms with E-state index in [4.69, 9.17) is 0 Å². The molecule has 6 nitrogen and oxygen atoms in total. The SMILES string of the molecule is O=C(NCc1ccncc1)c1cc(-c2ccc(F)cc2)nc(=O)[nH]1. The molecule has 0 atom stereocenters. The van der Waals surface area contributed by atoms with Crippen LogP contribution in [0.2, 0.25) is 0 Å².